The zero-order valence-corrected chi connectivity index (χ0v) is 13.4. The first kappa shape index (κ1) is 13.8. The number of nitrogens with one attached hydrogen (secondary N) is 1. The minimum atomic E-state index is 0.868. The number of benzene rings is 2. The second-order valence-corrected chi connectivity index (χ2v) is 6.10. The van der Waals surface area contributed by atoms with E-state index in [9.17, 15) is 0 Å². The van der Waals surface area contributed by atoms with Gasteiger partial charge in [0, 0.05) is 22.0 Å². The summed E-state index contributed by atoms with van der Waals surface area (Å²) < 4.78 is 2.29. The third kappa shape index (κ3) is 3.94. The molecule has 94 valence electrons. The van der Waals surface area contributed by atoms with E-state index in [1.54, 1.807) is 0 Å². The van der Waals surface area contributed by atoms with Crippen LogP contribution in [0.3, 0.4) is 0 Å². The Balaban J connectivity index is 1.92. The average molecular weight is 369 g/mol. The van der Waals surface area contributed by atoms with Crippen molar-refractivity contribution >= 4 is 31.9 Å². The standard InChI is InChI=1S/C15H15Br2N/c1-11-5-6-13(15(17)7-11)10-18-9-12-3-2-4-14(16)8-12/h2-8,18H,9-10H2,1H3. The Labute approximate surface area is 125 Å². The molecule has 2 rings (SSSR count). The molecular formula is C15H15Br2N. The summed E-state index contributed by atoms with van der Waals surface area (Å²) in [5.41, 5.74) is 3.85. The molecule has 0 spiro atoms. The third-order valence-electron chi connectivity index (χ3n) is 2.74. The van der Waals surface area contributed by atoms with Crippen LogP contribution in [0.15, 0.2) is 51.4 Å². The first-order valence-corrected chi connectivity index (χ1v) is 7.44. The lowest BCUT2D eigenvalue weighted by Crippen LogP contribution is -2.13. The fraction of sp³-hybridized carbons (Fsp3) is 0.200. The Kier molecular flexibility index (Phi) is 4.98. The van der Waals surface area contributed by atoms with Gasteiger partial charge in [-0.25, -0.2) is 0 Å². The summed E-state index contributed by atoms with van der Waals surface area (Å²) in [6.45, 7) is 3.84. The number of hydrogen-bond donors (Lipinski definition) is 1. The highest BCUT2D eigenvalue weighted by atomic mass is 79.9. The van der Waals surface area contributed by atoms with Gasteiger partial charge in [-0.3, -0.25) is 0 Å². The predicted octanol–water partition coefficient (Wildman–Crippen LogP) is 4.81. The van der Waals surface area contributed by atoms with Gasteiger partial charge < -0.3 is 5.32 Å². The summed E-state index contributed by atoms with van der Waals surface area (Å²) in [4.78, 5) is 0. The number of aryl methyl sites for hydroxylation is 1. The third-order valence-corrected chi connectivity index (χ3v) is 3.97. The maximum Gasteiger partial charge on any atom is 0.0222 e. The smallest absolute Gasteiger partial charge is 0.0222 e. The Morgan fingerprint density at radius 1 is 1.00 bits per heavy atom. The van der Waals surface area contributed by atoms with Gasteiger partial charge in [0.05, 0.1) is 0 Å². The van der Waals surface area contributed by atoms with Crippen molar-refractivity contribution in [1.82, 2.24) is 5.32 Å². The molecule has 0 radical (unpaired) electrons. The molecule has 0 atom stereocenters. The van der Waals surface area contributed by atoms with Crippen molar-refractivity contribution in [1.29, 1.82) is 0 Å². The zero-order valence-electron chi connectivity index (χ0n) is 10.2. The Morgan fingerprint density at radius 3 is 2.56 bits per heavy atom. The quantitative estimate of drug-likeness (QED) is 0.816. The van der Waals surface area contributed by atoms with Gasteiger partial charge in [-0.2, -0.15) is 0 Å². The lowest BCUT2D eigenvalue weighted by atomic mass is 10.1. The van der Waals surface area contributed by atoms with Crippen molar-refractivity contribution in [3.05, 3.63) is 68.1 Å². The zero-order chi connectivity index (χ0) is 13.0. The van der Waals surface area contributed by atoms with E-state index in [-0.39, 0.29) is 0 Å². The first-order valence-electron chi connectivity index (χ1n) is 5.85. The summed E-state index contributed by atoms with van der Waals surface area (Å²) in [5.74, 6) is 0. The molecule has 2 aromatic rings. The molecule has 0 saturated heterocycles. The molecule has 0 saturated carbocycles. The van der Waals surface area contributed by atoms with Crippen LogP contribution in [-0.2, 0) is 13.1 Å². The van der Waals surface area contributed by atoms with Gasteiger partial charge in [-0.15, -0.1) is 0 Å². The lowest BCUT2D eigenvalue weighted by molar-refractivity contribution is 0.691. The predicted molar refractivity (Wildman–Crippen MR) is 83.6 cm³/mol. The van der Waals surface area contributed by atoms with Crippen LogP contribution >= 0.6 is 31.9 Å². The van der Waals surface area contributed by atoms with Gasteiger partial charge in [0.25, 0.3) is 0 Å². The largest absolute Gasteiger partial charge is 0.309 e. The normalized spacial score (nSPS) is 10.6. The van der Waals surface area contributed by atoms with Gasteiger partial charge in [-0.05, 0) is 41.8 Å². The fourth-order valence-corrected chi connectivity index (χ4v) is 2.86. The molecule has 0 aliphatic rings. The molecule has 0 bridgehead atoms. The summed E-state index contributed by atoms with van der Waals surface area (Å²) in [6.07, 6.45) is 0. The van der Waals surface area contributed by atoms with Gasteiger partial charge >= 0.3 is 0 Å². The van der Waals surface area contributed by atoms with E-state index in [0.717, 1.165) is 17.6 Å². The van der Waals surface area contributed by atoms with E-state index in [1.807, 2.05) is 6.07 Å². The van der Waals surface area contributed by atoms with Crippen molar-refractivity contribution in [2.24, 2.45) is 0 Å². The highest BCUT2D eigenvalue weighted by Crippen LogP contribution is 2.18. The molecular weight excluding hydrogens is 354 g/mol. The van der Waals surface area contributed by atoms with Crippen LogP contribution in [0.25, 0.3) is 0 Å². The Bertz CT molecular complexity index is 538. The van der Waals surface area contributed by atoms with Crippen LogP contribution in [0, 0.1) is 6.92 Å². The topological polar surface area (TPSA) is 12.0 Å². The molecule has 1 N–H and O–H groups in total. The second kappa shape index (κ2) is 6.50. The summed E-state index contributed by atoms with van der Waals surface area (Å²) in [6, 6.07) is 14.8. The summed E-state index contributed by atoms with van der Waals surface area (Å²) >= 11 is 7.08. The van der Waals surface area contributed by atoms with E-state index in [1.165, 1.54) is 21.2 Å². The fourth-order valence-electron chi connectivity index (χ4n) is 1.78. The molecule has 0 heterocycles. The molecule has 0 amide bonds. The maximum absolute atomic E-state index is 3.60. The first-order chi connectivity index (χ1) is 8.65. The summed E-state index contributed by atoms with van der Waals surface area (Å²) in [5, 5.41) is 3.45. The molecule has 0 aliphatic heterocycles. The minimum Gasteiger partial charge on any atom is -0.309 e. The average Bonchev–Trinajstić information content (AvgIpc) is 2.32. The van der Waals surface area contributed by atoms with Gasteiger partial charge in [0.15, 0.2) is 0 Å². The van der Waals surface area contributed by atoms with Crippen molar-refractivity contribution in [3.8, 4) is 0 Å². The SMILES string of the molecule is Cc1ccc(CNCc2cccc(Br)c2)c(Br)c1. The van der Waals surface area contributed by atoms with Gasteiger partial charge in [0.1, 0.15) is 0 Å². The van der Waals surface area contributed by atoms with Crippen LogP contribution < -0.4 is 5.32 Å². The molecule has 0 unspecified atom stereocenters. The molecule has 18 heavy (non-hydrogen) atoms. The van der Waals surface area contributed by atoms with E-state index < -0.39 is 0 Å². The highest BCUT2D eigenvalue weighted by Gasteiger charge is 2.00. The van der Waals surface area contributed by atoms with Crippen molar-refractivity contribution in [2.45, 2.75) is 20.0 Å². The highest BCUT2D eigenvalue weighted by molar-refractivity contribution is 9.10. The van der Waals surface area contributed by atoms with E-state index in [4.69, 9.17) is 0 Å². The van der Waals surface area contributed by atoms with Crippen LogP contribution in [0.2, 0.25) is 0 Å². The second-order valence-electron chi connectivity index (χ2n) is 4.33. The van der Waals surface area contributed by atoms with E-state index in [2.05, 4.69) is 80.5 Å². The van der Waals surface area contributed by atoms with Crippen molar-refractivity contribution in [3.63, 3.8) is 0 Å². The van der Waals surface area contributed by atoms with Gasteiger partial charge in [0.2, 0.25) is 0 Å². The van der Waals surface area contributed by atoms with Crippen LogP contribution in [0.1, 0.15) is 16.7 Å². The molecule has 0 aromatic heterocycles. The number of halogens is 2. The molecule has 0 fully saturated rings. The van der Waals surface area contributed by atoms with Crippen LogP contribution in [0.4, 0.5) is 0 Å². The molecule has 2 aromatic carbocycles. The molecule has 1 nitrogen and oxygen atoms in total. The minimum absolute atomic E-state index is 0.868. The Morgan fingerprint density at radius 2 is 1.83 bits per heavy atom. The van der Waals surface area contributed by atoms with Crippen LogP contribution in [-0.4, -0.2) is 0 Å². The van der Waals surface area contributed by atoms with E-state index in [0.29, 0.717) is 0 Å². The van der Waals surface area contributed by atoms with Crippen molar-refractivity contribution < 1.29 is 0 Å². The van der Waals surface area contributed by atoms with Crippen molar-refractivity contribution in [2.75, 3.05) is 0 Å². The monoisotopic (exact) mass is 367 g/mol. The Hall–Kier alpha value is -0.640. The summed E-state index contributed by atoms with van der Waals surface area (Å²) in [7, 11) is 0. The maximum atomic E-state index is 3.60. The number of rotatable bonds is 4. The number of hydrogen-bond acceptors (Lipinski definition) is 1. The van der Waals surface area contributed by atoms with Crippen LogP contribution in [0.5, 0.6) is 0 Å². The molecule has 0 aliphatic carbocycles. The molecule has 3 heteroatoms. The van der Waals surface area contributed by atoms with Gasteiger partial charge in [-0.1, -0.05) is 56.1 Å². The lowest BCUT2D eigenvalue weighted by Gasteiger charge is -2.08. The van der Waals surface area contributed by atoms with E-state index >= 15 is 0 Å².